The third kappa shape index (κ3) is 24.1. The Hall–Kier alpha value is -7.44. The summed E-state index contributed by atoms with van der Waals surface area (Å²) < 4.78 is 0. The lowest BCUT2D eigenvalue weighted by Crippen LogP contribution is -2.62. The van der Waals surface area contributed by atoms with Crippen molar-refractivity contribution in [2.75, 3.05) is 77.0 Å². The molecule has 8 amide bonds. The van der Waals surface area contributed by atoms with Crippen LogP contribution in [0, 0.1) is 0 Å². The molecule has 0 spiro atoms. The summed E-state index contributed by atoms with van der Waals surface area (Å²) in [5.74, 6) is -6.97. The second-order valence-electron chi connectivity index (χ2n) is 23.8. The lowest BCUT2D eigenvalue weighted by atomic mass is 10.0. The van der Waals surface area contributed by atoms with E-state index in [9.17, 15) is 39.3 Å². The predicted molar refractivity (Wildman–Crippen MR) is 365 cm³/mol. The molecule has 94 heavy (non-hydrogen) atoms. The average molecular weight is 1340 g/mol. The molecule has 10 atom stereocenters. The first-order valence-electron chi connectivity index (χ1n) is 32.4. The zero-order valence-corrected chi connectivity index (χ0v) is 55.2. The van der Waals surface area contributed by atoms with E-state index in [1.54, 1.807) is 72.9 Å². The molecule has 25 nitrogen and oxygen atoms in total. The molecule has 2 saturated heterocycles. The van der Waals surface area contributed by atoms with Crippen molar-refractivity contribution in [1.29, 1.82) is 0 Å². The van der Waals surface area contributed by atoms with E-state index in [2.05, 4.69) is 68.4 Å². The fourth-order valence-electron chi connectivity index (χ4n) is 10.9. The van der Waals surface area contributed by atoms with Crippen LogP contribution in [0.25, 0.3) is 10.9 Å². The molecule has 3 heterocycles. The van der Waals surface area contributed by atoms with Crippen LogP contribution in [-0.4, -0.2) is 210 Å². The molecular formula is C67H94N14O11S2. The minimum Gasteiger partial charge on any atom is -0.394 e. The highest BCUT2D eigenvalue weighted by Gasteiger charge is 2.37. The lowest BCUT2D eigenvalue weighted by Gasteiger charge is -2.29. The van der Waals surface area contributed by atoms with E-state index in [-0.39, 0.29) is 43.7 Å². The van der Waals surface area contributed by atoms with E-state index < -0.39 is 114 Å². The van der Waals surface area contributed by atoms with Gasteiger partial charge in [-0.15, -0.1) is 0 Å². The number of aliphatic hydroxyl groups is 3. The van der Waals surface area contributed by atoms with Crippen LogP contribution >= 0.6 is 21.6 Å². The Kier molecular flexibility index (Phi) is 31.0. The highest BCUT2D eigenvalue weighted by atomic mass is 33.1. The molecule has 5 aromatic rings. The number of hydrogen-bond donors (Lipinski definition) is 16. The van der Waals surface area contributed by atoms with Gasteiger partial charge in [0.1, 0.15) is 42.3 Å². The van der Waals surface area contributed by atoms with E-state index in [0.717, 1.165) is 103 Å². The number of H-pyrrole nitrogens is 1. The molecule has 17 N–H and O–H groups in total. The summed E-state index contributed by atoms with van der Waals surface area (Å²) in [6.45, 7) is 9.96. The molecule has 0 radical (unpaired) electrons. The Labute approximate surface area is 557 Å². The molecule has 2 fully saturated rings. The minimum absolute atomic E-state index is 0.000420. The number of unbranched alkanes of at least 4 members (excludes halogenated alkanes) is 1. The summed E-state index contributed by atoms with van der Waals surface area (Å²) >= 11 is 0. The first-order valence-corrected chi connectivity index (χ1v) is 34.9. The van der Waals surface area contributed by atoms with Gasteiger partial charge in [0.25, 0.3) is 5.91 Å². The highest BCUT2D eigenvalue weighted by Crippen LogP contribution is 2.25. The number of benzene rings is 4. The number of aliphatic hydroxyl groups excluding tert-OH is 3. The maximum absolute atomic E-state index is 15.2. The SMILES string of the molecule is C[C@@H](O)C1NC(=O)[C@H](CCCCN)NC(=O)[C@@H](Cc2c[nH]c3ccccc23)NC(=O)C(Cc2ccccc2)NC(=O)[C@@H](NC(=O)[C@@H](Cc2ccccc2)NC(=O)c2ccc(CN3CCCNCCNCCCNCC3)cc2)CSSCC(C(=O)N[C@H](CO)[C@@H](C)O)NC1=O. The molecule has 4 aromatic carbocycles. The number of carbonyl (C=O) groups excluding carboxylic acids is 8. The zero-order valence-electron chi connectivity index (χ0n) is 53.5. The van der Waals surface area contributed by atoms with Crippen LogP contribution < -0.4 is 64.2 Å². The topological polar surface area (TPSA) is 375 Å². The Morgan fingerprint density at radius 2 is 1.24 bits per heavy atom. The average Bonchev–Trinajstić information content (AvgIpc) is 1.66. The number of aromatic nitrogens is 1. The second-order valence-corrected chi connectivity index (χ2v) is 26.4. The van der Waals surface area contributed by atoms with Gasteiger partial charge in [-0.3, -0.25) is 43.3 Å². The van der Waals surface area contributed by atoms with Gasteiger partial charge in [0.05, 0.1) is 24.9 Å². The van der Waals surface area contributed by atoms with Crippen molar-refractivity contribution in [2.45, 2.75) is 132 Å². The van der Waals surface area contributed by atoms with Crippen molar-refractivity contribution < 1.29 is 53.7 Å². The van der Waals surface area contributed by atoms with Gasteiger partial charge < -0.3 is 84.5 Å². The number of amides is 8. The number of rotatable bonds is 21. The summed E-state index contributed by atoms with van der Waals surface area (Å²) in [4.78, 5) is 123. The number of nitrogens with two attached hydrogens (primary N) is 1. The van der Waals surface area contributed by atoms with Gasteiger partial charge in [0.2, 0.25) is 41.4 Å². The molecule has 0 bridgehead atoms. The Bertz CT molecular complexity index is 3190. The van der Waals surface area contributed by atoms with E-state index in [4.69, 9.17) is 5.73 Å². The molecule has 510 valence electrons. The van der Waals surface area contributed by atoms with Gasteiger partial charge in [-0.05, 0) is 119 Å². The third-order valence-electron chi connectivity index (χ3n) is 16.4. The molecule has 2 aliphatic rings. The first-order chi connectivity index (χ1) is 45.5. The Morgan fingerprint density at radius 3 is 1.93 bits per heavy atom. The standard InChI is InChI=1S/C67H94N14O11S2/c1-43(83)56(40-82)77-66(91)58-42-94-93-41-57(78-63(88)53(35-45-15-5-3-6-16-45)74-60(85)48-24-22-47(23-25-48)39-81-33-14-29-70-31-30-69-27-13-28-71-32-34-81)65(90)75-54(36-46-17-7-4-8-18-46)62(87)76-55(37-49-38-72-51-20-10-9-19-50(49)51)64(89)73-52(21-11-12-26-68)61(86)80-59(44(2)84)67(92)79-58/h3-10,15-20,22-25,38,43-44,52-59,69-72,82-84H,11-14,21,26-37,39-42,68H2,1-2H3,(H,73,89)(H,74,85)(H,75,90)(H,76,87)(H,77,91)(H,78,88)(H,79,92)(H,80,86)/t43-,44-,52+,53-,54?,55-,56-,57+,58?,59?/m1/s1. The molecule has 27 heteroatoms. The van der Waals surface area contributed by atoms with Gasteiger partial charge in [0, 0.05) is 86.2 Å². The summed E-state index contributed by atoms with van der Waals surface area (Å²) in [6, 6.07) is 21.2. The van der Waals surface area contributed by atoms with Crippen LogP contribution in [0.2, 0.25) is 0 Å². The fourth-order valence-corrected chi connectivity index (χ4v) is 13.2. The van der Waals surface area contributed by atoms with Crippen LogP contribution in [0.5, 0.6) is 0 Å². The molecule has 3 unspecified atom stereocenters. The summed E-state index contributed by atoms with van der Waals surface area (Å²) in [7, 11) is 2.01. The normalized spacial score (nSPS) is 22.3. The van der Waals surface area contributed by atoms with Crippen LogP contribution in [0.3, 0.4) is 0 Å². The van der Waals surface area contributed by atoms with Gasteiger partial charge in [-0.25, -0.2) is 0 Å². The molecular weight excluding hydrogens is 1240 g/mol. The van der Waals surface area contributed by atoms with E-state index in [1.807, 2.05) is 42.5 Å². The molecule has 1 aromatic heterocycles. The third-order valence-corrected chi connectivity index (χ3v) is 18.8. The molecule has 2 aliphatic heterocycles. The van der Waals surface area contributed by atoms with Crippen LogP contribution in [0.4, 0.5) is 0 Å². The number of carbonyl (C=O) groups is 8. The number of aromatic amines is 1. The van der Waals surface area contributed by atoms with Crippen LogP contribution in [0.1, 0.15) is 78.6 Å². The number of para-hydroxylation sites is 1. The zero-order chi connectivity index (χ0) is 67.2. The lowest BCUT2D eigenvalue weighted by molar-refractivity contribution is -0.136. The fraction of sp³-hybridized carbons (Fsp3) is 0.493. The van der Waals surface area contributed by atoms with E-state index >= 15 is 14.4 Å². The summed E-state index contributed by atoms with van der Waals surface area (Å²) in [5.41, 5.74) is 9.85. The van der Waals surface area contributed by atoms with Crippen molar-refractivity contribution in [2.24, 2.45) is 5.73 Å². The Morgan fingerprint density at radius 1 is 0.628 bits per heavy atom. The number of fused-ring (bicyclic) bond motifs is 1. The minimum atomic E-state index is -1.70. The summed E-state index contributed by atoms with van der Waals surface area (Å²) in [6.07, 6.45) is 1.47. The molecule has 7 rings (SSSR count). The van der Waals surface area contributed by atoms with Gasteiger partial charge in [-0.2, -0.15) is 0 Å². The highest BCUT2D eigenvalue weighted by molar-refractivity contribution is 8.76. The van der Waals surface area contributed by atoms with Crippen LogP contribution in [-0.2, 0) is 59.4 Å². The van der Waals surface area contributed by atoms with Gasteiger partial charge in [0.15, 0.2) is 0 Å². The van der Waals surface area contributed by atoms with Crippen LogP contribution in [0.15, 0.2) is 115 Å². The number of nitrogens with one attached hydrogen (secondary N) is 12. The maximum Gasteiger partial charge on any atom is 0.251 e. The second kappa shape index (κ2) is 39.4. The largest absolute Gasteiger partial charge is 0.394 e. The van der Waals surface area contributed by atoms with E-state index in [1.165, 1.54) is 13.8 Å². The Balaban J connectivity index is 1.22. The quantitative estimate of drug-likeness (QED) is 0.0340. The smallest absolute Gasteiger partial charge is 0.251 e. The molecule has 0 saturated carbocycles. The summed E-state index contributed by atoms with van der Waals surface area (Å²) in [5, 5.41) is 64.9. The van der Waals surface area contributed by atoms with Crippen molar-refractivity contribution >= 4 is 79.7 Å². The van der Waals surface area contributed by atoms with Crippen molar-refractivity contribution in [3.63, 3.8) is 0 Å². The van der Waals surface area contributed by atoms with E-state index in [0.29, 0.717) is 41.6 Å². The van der Waals surface area contributed by atoms with Gasteiger partial charge in [-0.1, -0.05) is 113 Å². The van der Waals surface area contributed by atoms with Crippen molar-refractivity contribution in [3.8, 4) is 0 Å². The first kappa shape index (κ1) is 74.0. The monoisotopic (exact) mass is 1330 g/mol. The van der Waals surface area contributed by atoms with Crippen molar-refractivity contribution in [1.82, 2.24) is 68.4 Å². The van der Waals surface area contributed by atoms with Gasteiger partial charge >= 0.3 is 0 Å². The predicted octanol–water partition coefficient (Wildman–Crippen LogP) is 0.0305. The number of hydrogen-bond acceptors (Lipinski definition) is 18. The number of nitrogens with zero attached hydrogens (tertiary/aromatic N) is 1. The van der Waals surface area contributed by atoms with Crippen molar-refractivity contribution in [3.05, 3.63) is 143 Å². The maximum atomic E-state index is 15.2. The molecule has 0 aliphatic carbocycles.